The zero-order valence-corrected chi connectivity index (χ0v) is 15.2. The van der Waals surface area contributed by atoms with Crippen molar-refractivity contribution in [3.8, 4) is 22.3 Å². The van der Waals surface area contributed by atoms with Gasteiger partial charge in [0.25, 0.3) is 0 Å². The van der Waals surface area contributed by atoms with Crippen LogP contribution in [-0.4, -0.2) is 14.1 Å². The molecule has 0 unspecified atom stereocenters. The molecular formula is C23H21N3. The van der Waals surface area contributed by atoms with Crippen LogP contribution in [0.5, 0.6) is 0 Å². The molecule has 0 aliphatic rings. The first-order valence-corrected chi connectivity index (χ1v) is 8.91. The number of aromatic amines is 1. The molecule has 0 atom stereocenters. The number of H-pyrrole nitrogens is 1. The Labute approximate surface area is 152 Å². The highest BCUT2D eigenvalue weighted by atomic mass is 14.9. The quantitative estimate of drug-likeness (QED) is 0.431. The van der Waals surface area contributed by atoms with E-state index in [4.69, 9.17) is 0 Å². The summed E-state index contributed by atoms with van der Waals surface area (Å²) in [5.74, 6) is 0. The molecule has 0 saturated carbocycles. The van der Waals surface area contributed by atoms with Gasteiger partial charge in [-0.1, -0.05) is 30.3 Å². The van der Waals surface area contributed by atoms with E-state index >= 15 is 0 Å². The number of hydrogen-bond acceptors (Lipinski definition) is 0. The highest BCUT2D eigenvalue weighted by Crippen LogP contribution is 2.40. The first kappa shape index (κ1) is 15.1. The monoisotopic (exact) mass is 339 g/mol. The molecule has 0 aliphatic carbocycles. The number of fused-ring (bicyclic) bond motifs is 2. The van der Waals surface area contributed by atoms with Gasteiger partial charge in [0, 0.05) is 82.9 Å². The van der Waals surface area contributed by atoms with Gasteiger partial charge in [-0.25, -0.2) is 0 Å². The Hall–Kier alpha value is -3.20. The number of aryl methyl sites for hydroxylation is 3. The van der Waals surface area contributed by atoms with Crippen LogP contribution in [0, 0.1) is 6.92 Å². The summed E-state index contributed by atoms with van der Waals surface area (Å²) in [5, 5.41) is 2.58. The molecule has 0 spiro atoms. The maximum absolute atomic E-state index is 3.34. The zero-order chi connectivity index (χ0) is 17.8. The Morgan fingerprint density at radius 1 is 0.692 bits per heavy atom. The second-order valence-electron chi connectivity index (χ2n) is 7.13. The van der Waals surface area contributed by atoms with Gasteiger partial charge in [-0.15, -0.1) is 0 Å². The molecule has 1 N–H and O–H groups in total. The van der Waals surface area contributed by atoms with Gasteiger partial charge in [-0.05, 0) is 24.6 Å². The van der Waals surface area contributed by atoms with Crippen LogP contribution in [-0.2, 0) is 14.1 Å². The number of nitrogens with one attached hydrogen (secondary N) is 1. The van der Waals surface area contributed by atoms with Gasteiger partial charge >= 0.3 is 0 Å². The number of para-hydroxylation sites is 1. The standard InChI is InChI=1S/C23H21N3/c1-15-8-9-17-21(14-26(3)23(17)10-15)19-12-24-11-18(19)20-13-25(2)22-7-5-4-6-16(20)22/h4-14,24H,1-3H3. The third-order valence-corrected chi connectivity index (χ3v) is 5.37. The largest absolute Gasteiger partial charge is 0.366 e. The number of aromatic nitrogens is 3. The fourth-order valence-corrected chi connectivity index (χ4v) is 4.07. The lowest BCUT2D eigenvalue weighted by Gasteiger charge is -2.03. The molecule has 3 aromatic heterocycles. The van der Waals surface area contributed by atoms with E-state index in [1.807, 2.05) is 0 Å². The fourth-order valence-electron chi connectivity index (χ4n) is 4.07. The third kappa shape index (κ3) is 2.07. The van der Waals surface area contributed by atoms with E-state index in [-0.39, 0.29) is 0 Å². The van der Waals surface area contributed by atoms with Gasteiger partial charge in [-0.2, -0.15) is 0 Å². The molecule has 26 heavy (non-hydrogen) atoms. The molecule has 3 heterocycles. The molecule has 128 valence electrons. The van der Waals surface area contributed by atoms with E-state index in [1.54, 1.807) is 0 Å². The average molecular weight is 339 g/mol. The summed E-state index contributed by atoms with van der Waals surface area (Å²) in [6.45, 7) is 2.14. The Balaban J connectivity index is 1.79. The molecule has 0 fully saturated rings. The molecular weight excluding hydrogens is 318 g/mol. The molecule has 0 saturated heterocycles. The summed E-state index contributed by atoms with van der Waals surface area (Å²) in [7, 11) is 4.23. The van der Waals surface area contributed by atoms with Gasteiger partial charge in [0.2, 0.25) is 0 Å². The van der Waals surface area contributed by atoms with E-state index in [9.17, 15) is 0 Å². The lowest BCUT2D eigenvalue weighted by molar-refractivity contribution is 0.969. The SMILES string of the molecule is Cc1ccc2c(-c3c[nH]cc3-c3cn(C)c4ccccc34)cn(C)c2c1. The topological polar surface area (TPSA) is 25.6 Å². The van der Waals surface area contributed by atoms with Crippen molar-refractivity contribution >= 4 is 21.8 Å². The molecule has 5 aromatic rings. The average Bonchev–Trinajstić information content (AvgIpc) is 3.32. The summed E-state index contributed by atoms with van der Waals surface area (Å²) >= 11 is 0. The minimum atomic E-state index is 1.25. The Morgan fingerprint density at radius 3 is 2.04 bits per heavy atom. The maximum atomic E-state index is 3.34. The van der Waals surface area contributed by atoms with Crippen molar-refractivity contribution in [3.05, 3.63) is 72.8 Å². The van der Waals surface area contributed by atoms with Gasteiger partial charge in [-0.3, -0.25) is 0 Å². The Morgan fingerprint density at radius 2 is 1.31 bits per heavy atom. The van der Waals surface area contributed by atoms with Gasteiger partial charge < -0.3 is 14.1 Å². The van der Waals surface area contributed by atoms with E-state index in [1.165, 1.54) is 49.6 Å². The minimum Gasteiger partial charge on any atom is -0.366 e. The molecule has 0 aliphatic heterocycles. The van der Waals surface area contributed by atoms with E-state index < -0.39 is 0 Å². The summed E-state index contributed by atoms with van der Waals surface area (Å²) in [4.78, 5) is 3.34. The maximum Gasteiger partial charge on any atom is 0.0486 e. The van der Waals surface area contributed by atoms with Gasteiger partial charge in [0.05, 0.1) is 0 Å². The lowest BCUT2D eigenvalue weighted by Crippen LogP contribution is -1.83. The van der Waals surface area contributed by atoms with E-state index in [2.05, 4.69) is 102 Å². The highest BCUT2D eigenvalue weighted by Gasteiger charge is 2.17. The van der Waals surface area contributed by atoms with E-state index in [0.717, 1.165) is 0 Å². The smallest absolute Gasteiger partial charge is 0.0486 e. The van der Waals surface area contributed by atoms with Crippen LogP contribution in [0.4, 0.5) is 0 Å². The van der Waals surface area contributed by atoms with Crippen LogP contribution in [0.25, 0.3) is 44.1 Å². The predicted molar refractivity (Wildman–Crippen MR) is 109 cm³/mol. The van der Waals surface area contributed by atoms with Gasteiger partial charge in [0.1, 0.15) is 0 Å². The Bertz CT molecular complexity index is 1260. The second-order valence-corrected chi connectivity index (χ2v) is 7.13. The summed E-state index contributed by atoms with van der Waals surface area (Å²) in [5.41, 5.74) is 8.84. The number of rotatable bonds is 2. The van der Waals surface area contributed by atoms with Crippen molar-refractivity contribution in [1.29, 1.82) is 0 Å². The zero-order valence-electron chi connectivity index (χ0n) is 15.2. The Kier molecular flexibility index (Phi) is 3.13. The second kappa shape index (κ2) is 5.40. The van der Waals surface area contributed by atoms with Crippen LogP contribution < -0.4 is 0 Å². The van der Waals surface area contributed by atoms with Crippen molar-refractivity contribution in [2.75, 3.05) is 0 Å². The van der Waals surface area contributed by atoms with Crippen molar-refractivity contribution in [3.63, 3.8) is 0 Å². The summed E-state index contributed by atoms with van der Waals surface area (Å²) < 4.78 is 4.42. The summed E-state index contributed by atoms with van der Waals surface area (Å²) in [6.07, 6.45) is 8.70. The van der Waals surface area contributed by atoms with Crippen LogP contribution in [0.15, 0.2) is 67.3 Å². The van der Waals surface area contributed by atoms with Crippen LogP contribution >= 0.6 is 0 Å². The number of nitrogens with zero attached hydrogens (tertiary/aromatic N) is 2. The van der Waals surface area contributed by atoms with Crippen molar-refractivity contribution in [1.82, 2.24) is 14.1 Å². The normalized spacial score (nSPS) is 11.7. The molecule has 3 heteroatoms. The number of benzene rings is 2. The van der Waals surface area contributed by atoms with Crippen LogP contribution in [0.1, 0.15) is 5.56 Å². The van der Waals surface area contributed by atoms with Crippen molar-refractivity contribution in [2.24, 2.45) is 14.1 Å². The van der Waals surface area contributed by atoms with Gasteiger partial charge in [0.15, 0.2) is 0 Å². The van der Waals surface area contributed by atoms with E-state index in [0.29, 0.717) is 0 Å². The van der Waals surface area contributed by atoms with Crippen molar-refractivity contribution < 1.29 is 0 Å². The molecule has 5 rings (SSSR count). The van der Waals surface area contributed by atoms with Crippen molar-refractivity contribution in [2.45, 2.75) is 6.92 Å². The molecule has 0 bridgehead atoms. The molecule has 0 amide bonds. The molecule has 3 nitrogen and oxygen atoms in total. The van der Waals surface area contributed by atoms with Crippen LogP contribution in [0.3, 0.4) is 0 Å². The first-order chi connectivity index (χ1) is 12.6. The molecule has 0 radical (unpaired) electrons. The summed E-state index contributed by atoms with van der Waals surface area (Å²) in [6, 6.07) is 15.3. The fraction of sp³-hybridized carbons (Fsp3) is 0.130. The molecule has 2 aromatic carbocycles. The highest BCUT2D eigenvalue weighted by molar-refractivity contribution is 6.04. The minimum absolute atomic E-state index is 1.25. The van der Waals surface area contributed by atoms with Crippen LogP contribution in [0.2, 0.25) is 0 Å². The third-order valence-electron chi connectivity index (χ3n) is 5.37. The number of hydrogen-bond donors (Lipinski definition) is 1. The predicted octanol–water partition coefficient (Wildman–Crippen LogP) is 5.64. The first-order valence-electron chi connectivity index (χ1n) is 8.91. The lowest BCUT2D eigenvalue weighted by atomic mass is 9.98.